The standard InChI is InChI=1S/C33H26BrO3P/c34-38(27-17-7-2-8-18-27,28-19-9-3-10-20-28,29-21-11-4-12-22-29)25-31(35)30-23-13-14-24-32(30)37-33(36)26-15-5-1-6-16-26/h1-24H,25H2. The van der Waals surface area contributed by atoms with Crippen LogP contribution < -0.4 is 20.7 Å². The molecule has 0 N–H and O–H groups in total. The molecule has 5 rings (SSSR count). The zero-order valence-corrected chi connectivity index (χ0v) is 23.1. The summed E-state index contributed by atoms with van der Waals surface area (Å²) in [5.74, 6) is -0.373. The minimum absolute atomic E-state index is 0.118. The van der Waals surface area contributed by atoms with E-state index in [1.807, 2.05) is 60.7 Å². The Morgan fingerprint density at radius 2 is 0.947 bits per heavy atom. The van der Waals surface area contributed by atoms with E-state index in [2.05, 4.69) is 51.9 Å². The molecule has 0 aliphatic heterocycles. The number of hydrogen-bond donors (Lipinski definition) is 0. The third-order valence-electron chi connectivity index (χ3n) is 6.72. The number of carbonyl (C=O) groups is 2. The summed E-state index contributed by atoms with van der Waals surface area (Å²) in [4.78, 5) is 27.2. The van der Waals surface area contributed by atoms with Crippen LogP contribution in [0.1, 0.15) is 20.7 Å². The third-order valence-corrected chi connectivity index (χ3v) is 16.2. The Labute approximate surface area is 230 Å². The van der Waals surface area contributed by atoms with Crippen molar-refractivity contribution < 1.29 is 14.3 Å². The van der Waals surface area contributed by atoms with Gasteiger partial charge in [0.05, 0.1) is 0 Å². The van der Waals surface area contributed by atoms with E-state index < -0.39 is 11.3 Å². The minimum atomic E-state index is -3.50. The predicted octanol–water partition coefficient (Wildman–Crippen LogP) is 6.93. The zero-order chi connectivity index (χ0) is 26.5. The van der Waals surface area contributed by atoms with Crippen LogP contribution in [0.3, 0.4) is 0 Å². The molecule has 0 radical (unpaired) electrons. The topological polar surface area (TPSA) is 43.4 Å². The van der Waals surface area contributed by atoms with E-state index >= 15 is 0 Å². The van der Waals surface area contributed by atoms with Gasteiger partial charge in [-0.05, 0) is 0 Å². The van der Waals surface area contributed by atoms with Crippen molar-refractivity contribution in [1.29, 1.82) is 0 Å². The second-order valence-corrected chi connectivity index (χ2v) is 17.9. The summed E-state index contributed by atoms with van der Waals surface area (Å²) in [6.07, 6.45) is 0.170. The van der Waals surface area contributed by atoms with Crippen LogP contribution in [0.4, 0.5) is 0 Å². The van der Waals surface area contributed by atoms with Crippen molar-refractivity contribution in [2.45, 2.75) is 0 Å². The molecule has 0 unspecified atom stereocenters. The second-order valence-electron chi connectivity index (χ2n) is 9.02. The number of ether oxygens (including phenoxy) is 1. The van der Waals surface area contributed by atoms with Crippen LogP contribution in [0.2, 0.25) is 0 Å². The molecule has 0 aliphatic carbocycles. The molecular formula is C33H26BrO3P. The molecule has 0 atom stereocenters. The van der Waals surface area contributed by atoms with Crippen LogP contribution in [-0.4, -0.2) is 17.9 Å². The van der Waals surface area contributed by atoms with Gasteiger partial charge in [-0.25, -0.2) is 0 Å². The fourth-order valence-corrected chi connectivity index (χ4v) is 12.2. The summed E-state index contributed by atoms with van der Waals surface area (Å²) < 4.78 is 5.76. The number of esters is 1. The molecule has 0 saturated heterocycles. The van der Waals surface area contributed by atoms with Gasteiger partial charge in [-0.1, -0.05) is 0 Å². The van der Waals surface area contributed by atoms with Gasteiger partial charge in [-0.2, -0.15) is 0 Å². The number of rotatable bonds is 8. The summed E-state index contributed by atoms with van der Waals surface area (Å²) in [6, 6.07) is 46.2. The number of benzene rings is 5. The van der Waals surface area contributed by atoms with Gasteiger partial charge in [-0.3, -0.25) is 0 Å². The van der Waals surface area contributed by atoms with Gasteiger partial charge in [0.15, 0.2) is 0 Å². The number of Topliss-reactive ketones (excluding diaryl/α,β-unsaturated/α-hetero) is 1. The van der Waals surface area contributed by atoms with Crippen LogP contribution in [0.25, 0.3) is 0 Å². The number of halogens is 1. The van der Waals surface area contributed by atoms with Crippen molar-refractivity contribution in [1.82, 2.24) is 0 Å². The van der Waals surface area contributed by atoms with Crippen molar-refractivity contribution in [3.8, 4) is 5.75 Å². The summed E-state index contributed by atoms with van der Waals surface area (Å²) >= 11 is 4.33. The Bertz CT molecular complexity index is 1460. The molecule has 0 aromatic heterocycles. The monoisotopic (exact) mass is 580 g/mol. The van der Waals surface area contributed by atoms with E-state index in [4.69, 9.17) is 4.74 Å². The van der Waals surface area contributed by atoms with Crippen LogP contribution in [0.5, 0.6) is 5.75 Å². The third kappa shape index (κ3) is 4.74. The molecule has 0 heterocycles. The summed E-state index contributed by atoms with van der Waals surface area (Å²) in [7, 11) is 0. The molecule has 0 aliphatic rings. The maximum atomic E-state index is 14.3. The zero-order valence-electron chi connectivity index (χ0n) is 20.6. The van der Waals surface area contributed by atoms with Crippen molar-refractivity contribution >= 4 is 48.5 Å². The van der Waals surface area contributed by atoms with Crippen LogP contribution in [0, 0.1) is 0 Å². The first kappa shape index (κ1) is 25.8. The van der Waals surface area contributed by atoms with Gasteiger partial charge < -0.3 is 0 Å². The van der Waals surface area contributed by atoms with Gasteiger partial charge >= 0.3 is 231 Å². The summed E-state index contributed by atoms with van der Waals surface area (Å²) in [5, 5.41) is -0.364. The molecule has 0 fully saturated rings. The van der Waals surface area contributed by atoms with Crippen molar-refractivity contribution in [3.63, 3.8) is 0 Å². The first-order chi connectivity index (χ1) is 18.5. The van der Waals surface area contributed by atoms with Crippen molar-refractivity contribution in [3.05, 3.63) is 157 Å². The van der Waals surface area contributed by atoms with Gasteiger partial charge in [0.1, 0.15) is 0 Å². The van der Waals surface area contributed by atoms with Gasteiger partial charge in [0.25, 0.3) is 0 Å². The molecule has 188 valence electrons. The Morgan fingerprint density at radius 1 is 0.553 bits per heavy atom. The molecular weight excluding hydrogens is 555 g/mol. The Morgan fingerprint density at radius 3 is 1.42 bits per heavy atom. The van der Waals surface area contributed by atoms with E-state index in [1.54, 1.807) is 48.5 Å². The Kier molecular flexibility index (Phi) is 7.37. The fraction of sp³-hybridized carbons (Fsp3) is 0.0303. The van der Waals surface area contributed by atoms with Crippen molar-refractivity contribution in [2.24, 2.45) is 0 Å². The van der Waals surface area contributed by atoms with Crippen LogP contribution >= 0.6 is 20.8 Å². The molecule has 0 saturated carbocycles. The summed E-state index contributed by atoms with van der Waals surface area (Å²) in [5.41, 5.74) is 0.792. The van der Waals surface area contributed by atoms with E-state index in [9.17, 15) is 9.59 Å². The van der Waals surface area contributed by atoms with Crippen molar-refractivity contribution in [2.75, 3.05) is 6.16 Å². The molecule has 0 amide bonds. The Hall–Kier alpha value is -3.85. The van der Waals surface area contributed by atoms with E-state index in [0.29, 0.717) is 11.1 Å². The van der Waals surface area contributed by atoms with Gasteiger partial charge in [0.2, 0.25) is 0 Å². The first-order valence-electron chi connectivity index (χ1n) is 12.3. The molecule has 38 heavy (non-hydrogen) atoms. The predicted molar refractivity (Wildman–Crippen MR) is 161 cm³/mol. The molecule has 5 aromatic carbocycles. The van der Waals surface area contributed by atoms with Crippen LogP contribution in [-0.2, 0) is 0 Å². The van der Waals surface area contributed by atoms with Gasteiger partial charge in [0, 0.05) is 0 Å². The maximum absolute atomic E-state index is 14.3. The van der Waals surface area contributed by atoms with Crippen LogP contribution in [0.15, 0.2) is 146 Å². The van der Waals surface area contributed by atoms with Gasteiger partial charge in [-0.15, -0.1) is 0 Å². The van der Waals surface area contributed by atoms with E-state index in [-0.39, 0.29) is 17.7 Å². The van der Waals surface area contributed by atoms with E-state index in [1.165, 1.54) is 0 Å². The number of ketones is 1. The molecule has 5 heteroatoms. The summed E-state index contributed by atoms with van der Waals surface area (Å²) in [6.45, 7) is 0. The normalized spacial score (nSPS) is 12.2. The fourth-order valence-electron chi connectivity index (χ4n) is 4.81. The average Bonchev–Trinajstić information content (AvgIpc) is 2.99. The Balaban J connectivity index is 1.65. The second kappa shape index (κ2) is 10.9. The molecule has 5 aromatic rings. The quantitative estimate of drug-likeness (QED) is 0.0865. The molecule has 0 bridgehead atoms. The SMILES string of the molecule is O=C(Oc1ccccc1C(=O)CP(Br)(c1ccccc1)(c1ccccc1)c1ccccc1)c1ccccc1. The number of hydrogen-bond acceptors (Lipinski definition) is 3. The number of para-hydroxylation sites is 1. The average molecular weight is 581 g/mol. The molecule has 0 spiro atoms. The van der Waals surface area contributed by atoms with E-state index in [0.717, 1.165) is 15.9 Å². The molecule has 3 nitrogen and oxygen atoms in total. The first-order valence-corrected chi connectivity index (χ1v) is 16.7. The number of carbonyl (C=O) groups excluding carboxylic acids is 2.